The van der Waals surface area contributed by atoms with E-state index in [1.165, 1.54) is 4.90 Å². The smallest absolute Gasteiger partial charge is 0.314 e. The Balaban J connectivity index is 0.00000288. The van der Waals surface area contributed by atoms with Gasteiger partial charge < -0.3 is 5.32 Å². The van der Waals surface area contributed by atoms with E-state index in [1.807, 2.05) is 0 Å². The molecule has 0 amide bonds. The van der Waals surface area contributed by atoms with Crippen LogP contribution in [0.2, 0.25) is 0 Å². The summed E-state index contributed by atoms with van der Waals surface area (Å²) in [6.07, 6.45) is -10.6. The van der Waals surface area contributed by atoms with Crippen LogP contribution < -0.4 is 5.32 Å². The van der Waals surface area contributed by atoms with Gasteiger partial charge in [-0.2, -0.15) is 26.3 Å². The molecular formula is C14H17Cl2F7N2. The average Bonchev–Trinajstić information content (AvgIpc) is 2.44. The molecule has 25 heavy (non-hydrogen) atoms. The largest absolute Gasteiger partial charge is 0.416 e. The first-order chi connectivity index (χ1) is 10.6. The average molecular weight is 417 g/mol. The molecule has 2 nitrogen and oxygen atoms in total. The summed E-state index contributed by atoms with van der Waals surface area (Å²) in [6.45, 7) is 1.41. The van der Waals surface area contributed by atoms with Gasteiger partial charge in [-0.05, 0) is 12.1 Å². The highest BCUT2D eigenvalue weighted by atomic mass is 35.5. The Morgan fingerprint density at radius 3 is 2.00 bits per heavy atom. The van der Waals surface area contributed by atoms with E-state index in [1.54, 1.807) is 0 Å². The molecule has 0 aliphatic carbocycles. The molecule has 0 radical (unpaired) electrons. The van der Waals surface area contributed by atoms with Gasteiger partial charge in [0, 0.05) is 37.8 Å². The molecule has 1 heterocycles. The number of benzene rings is 1. The van der Waals surface area contributed by atoms with E-state index in [0.29, 0.717) is 19.2 Å². The molecule has 0 spiro atoms. The number of hydrogen-bond donors (Lipinski definition) is 1. The lowest BCUT2D eigenvalue weighted by Gasteiger charge is -2.35. The van der Waals surface area contributed by atoms with E-state index in [-0.39, 0.29) is 49.5 Å². The van der Waals surface area contributed by atoms with Crippen molar-refractivity contribution in [1.82, 2.24) is 10.2 Å². The molecular weight excluding hydrogens is 400 g/mol. The molecule has 11 heteroatoms. The van der Waals surface area contributed by atoms with Crippen molar-refractivity contribution in [1.29, 1.82) is 0 Å². The molecule has 0 unspecified atom stereocenters. The van der Waals surface area contributed by atoms with Crippen molar-refractivity contribution in [2.75, 3.05) is 26.2 Å². The first-order valence-electron chi connectivity index (χ1n) is 6.96. The number of hydrogen-bond acceptors (Lipinski definition) is 2. The van der Waals surface area contributed by atoms with Crippen LogP contribution in [0.15, 0.2) is 18.2 Å². The summed E-state index contributed by atoms with van der Waals surface area (Å²) in [4.78, 5) is 1.44. The fourth-order valence-electron chi connectivity index (χ4n) is 2.62. The minimum atomic E-state index is -4.74. The lowest BCUT2D eigenvalue weighted by Crippen LogP contribution is -2.46. The summed E-state index contributed by atoms with van der Waals surface area (Å²) in [5.74, 6) is -1.27. The fourth-order valence-corrected chi connectivity index (χ4v) is 2.62. The highest BCUT2D eigenvalue weighted by Gasteiger charge is 2.38. The first-order valence-corrected chi connectivity index (χ1v) is 6.96. The third kappa shape index (κ3) is 6.80. The third-order valence-electron chi connectivity index (χ3n) is 3.70. The van der Waals surface area contributed by atoms with Crippen molar-refractivity contribution in [2.24, 2.45) is 0 Å². The quantitative estimate of drug-likeness (QED) is 0.725. The minimum Gasteiger partial charge on any atom is -0.314 e. The predicted molar refractivity (Wildman–Crippen MR) is 83.8 cm³/mol. The molecule has 0 aromatic heterocycles. The molecule has 0 bridgehead atoms. The van der Waals surface area contributed by atoms with Crippen LogP contribution >= 0.6 is 24.8 Å². The van der Waals surface area contributed by atoms with Crippen molar-refractivity contribution in [2.45, 2.75) is 24.8 Å². The van der Waals surface area contributed by atoms with Crippen LogP contribution in [0.5, 0.6) is 0 Å². The molecule has 0 saturated carbocycles. The van der Waals surface area contributed by atoms with Crippen LogP contribution in [0.3, 0.4) is 0 Å². The molecule has 146 valence electrons. The molecule has 1 saturated heterocycles. The Morgan fingerprint density at radius 2 is 1.56 bits per heavy atom. The van der Waals surface area contributed by atoms with Crippen molar-refractivity contribution >= 4 is 24.8 Å². The maximum Gasteiger partial charge on any atom is 0.416 e. The predicted octanol–water partition coefficient (Wildman–Crippen LogP) is 4.59. The monoisotopic (exact) mass is 416 g/mol. The van der Waals surface area contributed by atoms with Gasteiger partial charge >= 0.3 is 12.4 Å². The van der Waals surface area contributed by atoms with Crippen LogP contribution in [0, 0.1) is 5.82 Å². The van der Waals surface area contributed by atoms with Gasteiger partial charge in [-0.25, -0.2) is 4.39 Å². The first kappa shape index (κ1) is 24.2. The Bertz CT molecular complexity index is 543. The molecule has 1 aliphatic rings. The topological polar surface area (TPSA) is 15.3 Å². The van der Waals surface area contributed by atoms with Gasteiger partial charge in [-0.15, -0.1) is 24.8 Å². The van der Waals surface area contributed by atoms with Crippen LogP contribution in [0.4, 0.5) is 30.7 Å². The second-order valence-electron chi connectivity index (χ2n) is 5.36. The highest BCUT2D eigenvalue weighted by molar-refractivity contribution is 5.85. The zero-order chi connectivity index (χ0) is 17.3. The molecule has 1 aromatic rings. The van der Waals surface area contributed by atoms with Gasteiger partial charge in [0.05, 0.1) is 12.0 Å². The zero-order valence-electron chi connectivity index (χ0n) is 12.8. The SMILES string of the molecule is Cl.Cl.Fc1cc(C(F)(F)F)ccc1[C@@H](CC(F)(F)F)N1CCNCC1. The van der Waals surface area contributed by atoms with Gasteiger partial charge in [0.2, 0.25) is 0 Å². The van der Waals surface area contributed by atoms with Crippen LogP contribution in [-0.4, -0.2) is 37.3 Å². The molecule has 1 aromatic carbocycles. The van der Waals surface area contributed by atoms with E-state index in [2.05, 4.69) is 5.32 Å². The van der Waals surface area contributed by atoms with Crippen molar-refractivity contribution < 1.29 is 30.7 Å². The van der Waals surface area contributed by atoms with E-state index in [0.717, 1.165) is 6.07 Å². The fraction of sp³-hybridized carbons (Fsp3) is 0.571. The number of nitrogens with one attached hydrogen (secondary N) is 1. The zero-order valence-corrected chi connectivity index (χ0v) is 14.4. The second-order valence-corrected chi connectivity index (χ2v) is 5.36. The molecule has 2 rings (SSSR count). The second kappa shape index (κ2) is 9.25. The van der Waals surface area contributed by atoms with Crippen LogP contribution in [-0.2, 0) is 6.18 Å². The van der Waals surface area contributed by atoms with Crippen molar-refractivity contribution in [3.05, 3.63) is 35.1 Å². The van der Waals surface area contributed by atoms with Crippen LogP contribution in [0.25, 0.3) is 0 Å². The van der Waals surface area contributed by atoms with Gasteiger partial charge in [-0.1, -0.05) is 6.07 Å². The molecule has 1 N–H and O–H groups in total. The Morgan fingerprint density at radius 1 is 1.00 bits per heavy atom. The number of rotatable bonds is 3. The third-order valence-corrected chi connectivity index (χ3v) is 3.70. The lowest BCUT2D eigenvalue weighted by molar-refractivity contribution is -0.149. The maximum atomic E-state index is 14.1. The van der Waals surface area contributed by atoms with E-state index in [9.17, 15) is 30.7 Å². The van der Waals surface area contributed by atoms with E-state index in [4.69, 9.17) is 0 Å². The number of piperazine rings is 1. The van der Waals surface area contributed by atoms with Crippen LogP contribution in [0.1, 0.15) is 23.6 Å². The Kier molecular flexibility index (Phi) is 8.96. The summed E-state index contributed by atoms with van der Waals surface area (Å²) >= 11 is 0. The number of alkyl halides is 6. The van der Waals surface area contributed by atoms with E-state index < -0.39 is 36.2 Å². The molecule has 1 aliphatic heterocycles. The number of nitrogens with zero attached hydrogens (tertiary/aromatic N) is 1. The summed E-state index contributed by atoms with van der Waals surface area (Å²) in [7, 11) is 0. The van der Waals surface area contributed by atoms with Crippen molar-refractivity contribution in [3.8, 4) is 0 Å². The van der Waals surface area contributed by atoms with Gasteiger partial charge in [0.25, 0.3) is 0 Å². The summed E-state index contributed by atoms with van der Waals surface area (Å²) in [5.41, 5.74) is -1.58. The van der Waals surface area contributed by atoms with Gasteiger partial charge in [-0.3, -0.25) is 4.90 Å². The van der Waals surface area contributed by atoms with Crippen molar-refractivity contribution in [3.63, 3.8) is 0 Å². The highest BCUT2D eigenvalue weighted by Crippen LogP contribution is 2.37. The normalized spacial score (nSPS) is 17.4. The number of halogens is 9. The Labute approximate surface area is 152 Å². The Hall–Kier alpha value is -0.770. The lowest BCUT2D eigenvalue weighted by atomic mass is 9.98. The minimum absolute atomic E-state index is 0. The molecule has 1 fully saturated rings. The maximum absolute atomic E-state index is 14.1. The van der Waals surface area contributed by atoms with E-state index >= 15 is 0 Å². The summed E-state index contributed by atoms with van der Waals surface area (Å²) in [6, 6.07) is 0.334. The van der Waals surface area contributed by atoms with Gasteiger partial charge in [0.1, 0.15) is 5.82 Å². The standard InChI is InChI=1S/C14H15F7N2.2ClH/c15-11-7-9(14(19,20)21)1-2-10(11)12(8-13(16,17)18)23-5-3-22-4-6-23;;/h1-2,7,12,22H,3-6,8H2;2*1H/t12-;;/m1../s1. The summed E-state index contributed by atoms with van der Waals surface area (Å²) in [5, 5.41) is 2.96. The van der Waals surface area contributed by atoms with Gasteiger partial charge in [0.15, 0.2) is 0 Å². The summed E-state index contributed by atoms with van der Waals surface area (Å²) < 4.78 is 90.1. The molecule has 1 atom stereocenters.